The van der Waals surface area contributed by atoms with Gasteiger partial charge in [0, 0.05) is 5.56 Å². The summed E-state index contributed by atoms with van der Waals surface area (Å²) in [5, 5.41) is 19.8. The zero-order valence-corrected chi connectivity index (χ0v) is 12.2. The predicted octanol–water partition coefficient (Wildman–Crippen LogP) is 4.34. The van der Waals surface area contributed by atoms with Crippen molar-refractivity contribution in [3.8, 4) is 11.5 Å². The van der Waals surface area contributed by atoms with Gasteiger partial charge in [-0.1, -0.05) is 19.4 Å². The van der Waals surface area contributed by atoms with Gasteiger partial charge in [0.25, 0.3) is 0 Å². The molecule has 2 heteroatoms. The Balaban J connectivity index is 1.75. The molecule has 108 valence electrons. The van der Waals surface area contributed by atoms with E-state index in [1.165, 1.54) is 44.1 Å². The lowest BCUT2D eigenvalue weighted by atomic mass is 9.56. The summed E-state index contributed by atoms with van der Waals surface area (Å²) in [4.78, 5) is 0. The van der Waals surface area contributed by atoms with Crippen molar-refractivity contribution in [1.82, 2.24) is 0 Å². The lowest BCUT2D eigenvalue weighted by molar-refractivity contribution is 0.0595. The standard InChI is InChI=1S/C18H24O2/c1-18-9-2-3-15(18)13-4-5-14-11(12(13)8-10-18)6-7-16(19)17(14)20/h6-7,12-13,15,19-20H,2-5,8-10H2,1H3/t12-,13-,15+,18+/m1/s1. The van der Waals surface area contributed by atoms with Crippen molar-refractivity contribution in [2.24, 2.45) is 17.3 Å². The summed E-state index contributed by atoms with van der Waals surface area (Å²) >= 11 is 0. The zero-order chi connectivity index (χ0) is 13.9. The quantitative estimate of drug-likeness (QED) is 0.690. The first-order valence-corrected chi connectivity index (χ1v) is 8.14. The fourth-order valence-electron chi connectivity index (χ4n) is 5.63. The van der Waals surface area contributed by atoms with Gasteiger partial charge in [0.15, 0.2) is 11.5 Å². The summed E-state index contributed by atoms with van der Waals surface area (Å²) in [7, 11) is 0. The highest BCUT2D eigenvalue weighted by molar-refractivity contribution is 5.51. The highest BCUT2D eigenvalue weighted by atomic mass is 16.3. The van der Waals surface area contributed by atoms with E-state index in [1.54, 1.807) is 6.07 Å². The van der Waals surface area contributed by atoms with Crippen LogP contribution in [-0.2, 0) is 6.42 Å². The number of aromatic hydroxyl groups is 2. The third-order valence-electron chi connectivity index (χ3n) is 6.64. The van der Waals surface area contributed by atoms with Crippen molar-refractivity contribution in [2.75, 3.05) is 0 Å². The van der Waals surface area contributed by atoms with Crippen LogP contribution < -0.4 is 0 Å². The van der Waals surface area contributed by atoms with Crippen LogP contribution in [0.4, 0.5) is 0 Å². The lowest BCUT2D eigenvalue weighted by Gasteiger charge is -2.49. The van der Waals surface area contributed by atoms with E-state index in [0.717, 1.165) is 23.8 Å². The van der Waals surface area contributed by atoms with Gasteiger partial charge in [-0.15, -0.1) is 0 Å². The van der Waals surface area contributed by atoms with E-state index < -0.39 is 0 Å². The molecule has 0 heterocycles. The van der Waals surface area contributed by atoms with Crippen LogP contribution in [0.5, 0.6) is 11.5 Å². The molecule has 3 aliphatic carbocycles. The molecule has 1 aromatic carbocycles. The van der Waals surface area contributed by atoms with Gasteiger partial charge in [-0.2, -0.15) is 0 Å². The molecule has 0 spiro atoms. The monoisotopic (exact) mass is 272 g/mol. The number of phenols is 2. The van der Waals surface area contributed by atoms with Crippen molar-refractivity contribution < 1.29 is 10.2 Å². The third-order valence-corrected chi connectivity index (χ3v) is 6.64. The SMILES string of the molecule is C[C@@]12CCC[C@H]1[C@@H]1CCc3c(ccc(O)c3O)[C@H]1CC2. The molecule has 20 heavy (non-hydrogen) atoms. The van der Waals surface area contributed by atoms with Gasteiger partial charge in [-0.05, 0) is 73.3 Å². The largest absolute Gasteiger partial charge is 0.504 e. The molecule has 0 amide bonds. The number of benzene rings is 1. The Kier molecular flexibility index (Phi) is 2.61. The Morgan fingerprint density at radius 1 is 1.10 bits per heavy atom. The molecule has 0 aromatic heterocycles. The second kappa shape index (κ2) is 4.16. The molecule has 0 unspecified atom stereocenters. The van der Waals surface area contributed by atoms with Crippen molar-refractivity contribution in [1.29, 1.82) is 0 Å². The van der Waals surface area contributed by atoms with E-state index in [2.05, 4.69) is 13.0 Å². The molecule has 3 aliphatic rings. The first-order chi connectivity index (χ1) is 9.60. The Morgan fingerprint density at radius 3 is 2.80 bits per heavy atom. The fraction of sp³-hybridized carbons (Fsp3) is 0.667. The summed E-state index contributed by atoms with van der Waals surface area (Å²) < 4.78 is 0. The van der Waals surface area contributed by atoms with Gasteiger partial charge < -0.3 is 10.2 Å². The highest BCUT2D eigenvalue weighted by Gasteiger charge is 2.50. The Hall–Kier alpha value is -1.18. The molecule has 2 N–H and O–H groups in total. The van der Waals surface area contributed by atoms with Gasteiger partial charge in [0.1, 0.15) is 0 Å². The van der Waals surface area contributed by atoms with Gasteiger partial charge >= 0.3 is 0 Å². The first kappa shape index (κ1) is 12.6. The van der Waals surface area contributed by atoms with E-state index in [4.69, 9.17) is 0 Å². The maximum absolute atomic E-state index is 10.1. The fourth-order valence-corrected chi connectivity index (χ4v) is 5.63. The van der Waals surface area contributed by atoms with Gasteiger partial charge in [-0.25, -0.2) is 0 Å². The van der Waals surface area contributed by atoms with Crippen LogP contribution in [0.1, 0.15) is 62.5 Å². The zero-order valence-electron chi connectivity index (χ0n) is 12.2. The summed E-state index contributed by atoms with van der Waals surface area (Å²) in [6.45, 7) is 2.50. The molecule has 0 radical (unpaired) electrons. The topological polar surface area (TPSA) is 40.5 Å². The molecule has 2 saturated carbocycles. The normalized spacial score (nSPS) is 39.0. The smallest absolute Gasteiger partial charge is 0.160 e. The van der Waals surface area contributed by atoms with Crippen LogP contribution in [0.25, 0.3) is 0 Å². The van der Waals surface area contributed by atoms with Gasteiger partial charge in [0.05, 0.1) is 0 Å². The Bertz CT molecular complexity index is 551. The van der Waals surface area contributed by atoms with Crippen LogP contribution in [-0.4, -0.2) is 10.2 Å². The average molecular weight is 272 g/mol. The number of hydrogen-bond donors (Lipinski definition) is 2. The van der Waals surface area contributed by atoms with E-state index in [9.17, 15) is 10.2 Å². The minimum absolute atomic E-state index is 0.0451. The maximum Gasteiger partial charge on any atom is 0.160 e. The predicted molar refractivity (Wildman–Crippen MR) is 79.0 cm³/mol. The minimum Gasteiger partial charge on any atom is -0.504 e. The number of phenolic OH excluding ortho intramolecular Hbond substituents is 2. The molecule has 1 aromatic rings. The summed E-state index contributed by atoms with van der Waals surface area (Å²) in [6.07, 6.45) is 8.93. The van der Waals surface area contributed by atoms with Crippen molar-refractivity contribution in [3.63, 3.8) is 0 Å². The van der Waals surface area contributed by atoms with Crippen LogP contribution in [0.3, 0.4) is 0 Å². The Labute approximate surface area is 120 Å². The molecule has 0 saturated heterocycles. The summed E-state index contributed by atoms with van der Waals surface area (Å²) in [6, 6.07) is 3.75. The maximum atomic E-state index is 10.1. The third kappa shape index (κ3) is 1.57. The van der Waals surface area contributed by atoms with Crippen molar-refractivity contribution >= 4 is 0 Å². The molecule has 2 fully saturated rings. The minimum atomic E-state index is 0.0451. The molecule has 2 nitrogen and oxygen atoms in total. The van der Waals surface area contributed by atoms with E-state index >= 15 is 0 Å². The second-order valence-electron chi connectivity index (χ2n) is 7.50. The highest BCUT2D eigenvalue weighted by Crippen LogP contribution is 2.61. The molecular weight excluding hydrogens is 248 g/mol. The molecule has 0 bridgehead atoms. The molecular formula is C18H24O2. The molecule has 4 rings (SSSR count). The van der Waals surface area contributed by atoms with Crippen molar-refractivity contribution in [2.45, 2.75) is 57.8 Å². The van der Waals surface area contributed by atoms with Crippen LogP contribution in [0.15, 0.2) is 12.1 Å². The summed E-state index contributed by atoms with van der Waals surface area (Å²) in [5.74, 6) is 2.48. The van der Waals surface area contributed by atoms with Crippen LogP contribution in [0, 0.1) is 17.3 Å². The van der Waals surface area contributed by atoms with Crippen LogP contribution >= 0.6 is 0 Å². The second-order valence-corrected chi connectivity index (χ2v) is 7.50. The lowest BCUT2D eigenvalue weighted by Crippen LogP contribution is -2.39. The Morgan fingerprint density at radius 2 is 1.95 bits per heavy atom. The van der Waals surface area contributed by atoms with E-state index in [1.807, 2.05) is 0 Å². The summed E-state index contributed by atoms with van der Waals surface area (Å²) in [5.41, 5.74) is 2.93. The van der Waals surface area contributed by atoms with E-state index in [0.29, 0.717) is 11.3 Å². The number of fused-ring (bicyclic) bond motifs is 5. The van der Waals surface area contributed by atoms with Crippen molar-refractivity contribution in [3.05, 3.63) is 23.3 Å². The molecule has 4 atom stereocenters. The van der Waals surface area contributed by atoms with E-state index in [-0.39, 0.29) is 11.5 Å². The molecule has 0 aliphatic heterocycles. The van der Waals surface area contributed by atoms with Crippen LogP contribution in [0.2, 0.25) is 0 Å². The first-order valence-electron chi connectivity index (χ1n) is 8.14. The van der Waals surface area contributed by atoms with Gasteiger partial charge in [0.2, 0.25) is 0 Å². The average Bonchev–Trinajstić information content (AvgIpc) is 2.84. The number of rotatable bonds is 0. The number of hydrogen-bond acceptors (Lipinski definition) is 2. The van der Waals surface area contributed by atoms with Gasteiger partial charge in [-0.3, -0.25) is 0 Å².